The fourth-order valence-corrected chi connectivity index (χ4v) is 2.30. The summed E-state index contributed by atoms with van der Waals surface area (Å²) in [7, 11) is 0. The largest absolute Gasteiger partial charge is 0.480 e. The van der Waals surface area contributed by atoms with Gasteiger partial charge in [-0.2, -0.15) is 11.8 Å². The summed E-state index contributed by atoms with van der Waals surface area (Å²) in [6, 6.07) is 9.95. The molecule has 1 rings (SSSR count). The topological polar surface area (TPSA) is 75.6 Å². The Morgan fingerprint density at radius 1 is 1.24 bits per heavy atom. The summed E-state index contributed by atoms with van der Waals surface area (Å²) >= 11 is 1.68. The first-order valence-electron chi connectivity index (χ1n) is 6.47. The van der Waals surface area contributed by atoms with E-state index in [-0.39, 0.29) is 12.5 Å². The Labute approximate surface area is 128 Å². The number of carboxylic acids is 1. The molecule has 0 bridgehead atoms. The summed E-state index contributed by atoms with van der Waals surface area (Å²) < 4.78 is 4.68. The van der Waals surface area contributed by atoms with Gasteiger partial charge in [0, 0.05) is 18.1 Å². The van der Waals surface area contributed by atoms with Crippen molar-refractivity contribution in [3.8, 4) is 0 Å². The summed E-state index contributed by atoms with van der Waals surface area (Å²) in [5, 5.41) is 11.0. The van der Waals surface area contributed by atoms with Crippen LogP contribution in [0.2, 0.25) is 0 Å². The van der Waals surface area contributed by atoms with Crippen LogP contribution in [0, 0.1) is 0 Å². The quantitative estimate of drug-likeness (QED) is 0.643. The summed E-state index contributed by atoms with van der Waals surface area (Å²) in [4.78, 5) is 21.5. The van der Waals surface area contributed by atoms with Crippen LogP contribution in [0.3, 0.4) is 0 Å². The second kappa shape index (κ2) is 10.0. The molecule has 0 fully saturated rings. The maximum atomic E-state index is 11.3. The Morgan fingerprint density at radius 2 is 1.95 bits per heavy atom. The second-order valence-corrected chi connectivity index (χ2v) is 5.36. The summed E-state index contributed by atoms with van der Waals surface area (Å²) in [5.41, 5.74) is 2.17. The molecule has 0 aliphatic rings. The number of carbonyl (C=O) groups is 2. The van der Waals surface area contributed by atoms with Crippen LogP contribution in [-0.2, 0) is 14.3 Å². The minimum atomic E-state index is -1.09. The van der Waals surface area contributed by atoms with Gasteiger partial charge in [0.05, 0.1) is 0 Å². The highest BCUT2D eigenvalue weighted by Gasteiger charge is 2.03. The number of benzene rings is 1. The third kappa shape index (κ3) is 8.16. The summed E-state index contributed by atoms with van der Waals surface area (Å²) in [6.45, 7) is 3.86. The van der Waals surface area contributed by atoms with Crippen molar-refractivity contribution in [1.29, 1.82) is 0 Å². The molecule has 2 N–H and O–H groups in total. The lowest BCUT2D eigenvalue weighted by atomic mass is 10.1. The lowest BCUT2D eigenvalue weighted by Gasteiger charge is -2.07. The molecular weight excluding hydrogens is 290 g/mol. The predicted molar refractivity (Wildman–Crippen MR) is 84.3 cm³/mol. The molecular formula is C15H19NO4S. The van der Waals surface area contributed by atoms with E-state index in [1.165, 1.54) is 0 Å². The number of aliphatic carboxylic acids is 1. The zero-order valence-electron chi connectivity index (χ0n) is 11.7. The average molecular weight is 309 g/mol. The van der Waals surface area contributed by atoms with Crippen LogP contribution in [-0.4, -0.2) is 48.2 Å². The van der Waals surface area contributed by atoms with Crippen LogP contribution in [0.25, 0.3) is 5.57 Å². The zero-order valence-corrected chi connectivity index (χ0v) is 12.5. The number of ether oxygens (including phenoxy) is 1. The molecule has 1 amide bonds. The number of amides is 1. The van der Waals surface area contributed by atoms with Gasteiger partial charge in [-0.1, -0.05) is 36.9 Å². The first kappa shape index (κ1) is 17.3. The van der Waals surface area contributed by atoms with Gasteiger partial charge in [0.15, 0.2) is 0 Å². The molecule has 0 spiro atoms. The second-order valence-electron chi connectivity index (χ2n) is 4.26. The van der Waals surface area contributed by atoms with Gasteiger partial charge in [-0.15, -0.1) is 0 Å². The van der Waals surface area contributed by atoms with Gasteiger partial charge < -0.3 is 15.2 Å². The van der Waals surface area contributed by atoms with E-state index in [4.69, 9.17) is 5.11 Å². The molecule has 0 saturated carbocycles. The first-order valence-corrected chi connectivity index (χ1v) is 7.62. The molecule has 0 aliphatic heterocycles. The Bertz CT molecular complexity index is 476. The van der Waals surface area contributed by atoms with Gasteiger partial charge in [-0.05, 0) is 11.1 Å². The Kier molecular flexibility index (Phi) is 8.23. The minimum absolute atomic E-state index is 0.228. The number of hydrogen-bond donors (Lipinski definition) is 2. The highest BCUT2D eigenvalue weighted by Crippen LogP contribution is 2.16. The fourth-order valence-electron chi connectivity index (χ4n) is 1.50. The van der Waals surface area contributed by atoms with Crippen LogP contribution in [0.4, 0.5) is 0 Å². The molecule has 21 heavy (non-hydrogen) atoms. The zero-order chi connectivity index (χ0) is 15.5. The normalized spacial score (nSPS) is 10.1. The number of thioether (sulfide) groups is 1. The van der Waals surface area contributed by atoms with Crippen molar-refractivity contribution in [2.24, 2.45) is 0 Å². The highest BCUT2D eigenvalue weighted by atomic mass is 32.2. The number of carboxylic acid groups (broad SMARTS) is 1. The van der Waals surface area contributed by atoms with E-state index in [0.29, 0.717) is 6.54 Å². The maximum absolute atomic E-state index is 11.3. The van der Waals surface area contributed by atoms with Gasteiger partial charge in [0.25, 0.3) is 0 Å². The summed E-state index contributed by atoms with van der Waals surface area (Å²) in [6.07, 6.45) is 0. The Balaban J connectivity index is 2.05. The number of hydrogen-bond acceptors (Lipinski definition) is 4. The number of carbonyl (C=O) groups excluding carboxylic acids is 1. The van der Waals surface area contributed by atoms with Crippen LogP contribution >= 0.6 is 11.8 Å². The fraction of sp³-hybridized carbons (Fsp3) is 0.333. The molecule has 1 aromatic rings. The lowest BCUT2D eigenvalue weighted by Crippen LogP contribution is -2.30. The monoisotopic (exact) mass is 309 g/mol. The van der Waals surface area contributed by atoms with E-state index in [0.717, 1.165) is 22.6 Å². The van der Waals surface area contributed by atoms with Crippen molar-refractivity contribution in [3.05, 3.63) is 42.5 Å². The van der Waals surface area contributed by atoms with Crippen molar-refractivity contribution in [3.63, 3.8) is 0 Å². The molecule has 0 aromatic heterocycles. The number of rotatable bonds is 10. The van der Waals surface area contributed by atoms with Crippen molar-refractivity contribution in [1.82, 2.24) is 5.32 Å². The molecule has 0 radical (unpaired) electrons. The third-order valence-corrected chi connectivity index (χ3v) is 3.53. The average Bonchev–Trinajstić information content (AvgIpc) is 2.47. The van der Waals surface area contributed by atoms with Gasteiger partial charge in [-0.25, -0.2) is 4.79 Å². The van der Waals surface area contributed by atoms with E-state index < -0.39 is 12.6 Å². The van der Waals surface area contributed by atoms with Crippen LogP contribution in [0.5, 0.6) is 0 Å². The van der Waals surface area contributed by atoms with E-state index >= 15 is 0 Å². The van der Waals surface area contributed by atoms with Crippen molar-refractivity contribution in [2.45, 2.75) is 0 Å². The smallest absolute Gasteiger partial charge is 0.329 e. The van der Waals surface area contributed by atoms with Crippen LogP contribution in [0.15, 0.2) is 36.9 Å². The van der Waals surface area contributed by atoms with Crippen molar-refractivity contribution < 1.29 is 19.4 Å². The molecule has 0 aliphatic carbocycles. The molecule has 114 valence electrons. The van der Waals surface area contributed by atoms with Crippen LogP contribution in [0.1, 0.15) is 5.56 Å². The number of nitrogens with one attached hydrogen (secondary N) is 1. The lowest BCUT2D eigenvalue weighted by molar-refractivity contribution is -0.143. The van der Waals surface area contributed by atoms with E-state index in [1.54, 1.807) is 11.8 Å². The maximum Gasteiger partial charge on any atom is 0.329 e. The predicted octanol–water partition coefficient (Wildman–Crippen LogP) is 1.65. The van der Waals surface area contributed by atoms with Gasteiger partial charge in [-0.3, -0.25) is 4.79 Å². The van der Waals surface area contributed by atoms with E-state index in [2.05, 4.69) is 16.6 Å². The Morgan fingerprint density at radius 3 is 2.62 bits per heavy atom. The third-order valence-electron chi connectivity index (χ3n) is 2.49. The molecule has 0 unspecified atom stereocenters. The minimum Gasteiger partial charge on any atom is -0.480 e. The van der Waals surface area contributed by atoms with Gasteiger partial charge in [0.2, 0.25) is 5.91 Å². The van der Waals surface area contributed by atoms with Crippen LogP contribution < -0.4 is 5.32 Å². The van der Waals surface area contributed by atoms with Gasteiger partial charge >= 0.3 is 5.97 Å². The first-order chi connectivity index (χ1) is 10.1. The molecule has 1 aromatic carbocycles. The summed E-state index contributed by atoms with van der Waals surface area (Å²) in [5.74, 6) is 0.169. The SMILES string of the molecule is C=C(CSCCNC(=O)COCC(=O)O)c1ccccc1. The standard InChI is InChI=1S/C15H19NO4S/c1-12(13-5-3-2-4-6-13)11-21-8-7-16-14(17)9-20-10-15(18)19/h2-6H,1,7-11H2,(H,16,17)(H,18,19). The highest BCUT2D eigenvalue weighted by molar-refractivity contribution is 7.99. The van der Waals surface area contributed by atoms with Crippen molar-refractivity contribution >= 4 is 29.2 Å². The molecule has 6 heteroatoms. The molecule has 0 saturated heterocycles. The van der Waals surface area contributed by atoms with E-state index in [1.807, 2.05) is 30.3 Å². The molecule has 5 nitrogen and oxygen atoms in total. The van der Waals surface area contributed by atoms with Gasteiger partial charge in [0.1, 0.15) is 13.2 Å². The van der Waals surface area contributed by atoms with E-state index in [9.17, 15) is 9.59 Å². The molecule has 0 atom stereocenters. The van der Waals surface area contributed by atoms with Crippen molar-refractivity contribution in [2.75, 3.05) is 31.3 Å². The molecule has 0 heterocycles. The Hall–Kier alpha value is -1.79.